The van der Waals surface area contributed by atoms with Gasteiger partial charge in [0.2, 0.25) is 0 Å². The minimum Gasteiger partial charge on any atom is -0.396 e. The van der Waals surface area contributed by atoms with Crippen molar-refractivity contribution in [1.29, 1.82) is 5.41 Å². The highest BCUT2D eigenvalue weighted by Gasteiger charge is 2.38. The molecule has 0 aromatic carbocycles. The van der Waals surface area contributed by atoms with Crippen LogP contribution < -0.4 is 11.2 Å². The summed E-state index contributed by atoms with van der Waals surface area (Å²) in [5.41, 5.74) is 5.02. The maximum atomic E-state index is 11.9. The Labute approximate surface area is 99.2 Å². The molecule has 0 unspecified atom stereocenters. The molecule has 0 aliphatic heterocycles. The maximum absolute atomic E-state index is 11.9. The molecule has 8 heteroatoms. The number of pyridine rings is 1. The molecule has 0 aliphatic rings. The number of hydrogen-bond donors (Lipinski definition) is 2. The molecular formula is C8H9BrF3N3O. The quantitative estimate of drug-likeness (QED) is 0.863. The predicted molar refractivity (Wildman–Crippen MR) is 56.1 cm³/mol. The third-order valence-electron chi connectivity index (χ3n) is 1.73. The van der Waals surface area contributed by atoms with E-state index in [4.69, 9.17) is 11.1 Å². The smallest absolute Gasteiger partial charge is 0.396 e. The molecule has 1 rings (SSSR count). The van der Waals surface area contributed by atoms with Gasteiger partial charge in [0.1, 0.15) is 5.49 Å². The van der Waals surface area contributed by atoms with Gasteiger partial charge in [-0.1, -0.05) is 0 Å². The van der Waals surface area contributed by atoms with Crippen molar-refractivity contribution in [3.8, 4) is 0 Å². The third kappa shape index (κ3) is 3.37. The summed E-state index contributed by atoms with van der Waals surface area (Å²) < 4.78 is 36.6. The first-order valence-electron chi connectivity index (χ1n) is 3.92. The van der Waals surface area contributed by atoms with E-state index in [1.54, 1.807) is 0 Å². The van der Waals surface area contributed by atoms with Crippen molar-refractivity contribution in [3.05, 3.63) is 23.8 Å². The van der Waals surface area contributed by atoms with E-state index in [2.05, 4.69) is 0 Å². The van der Waals surface area contributed by atoms with Crippen molar-refractivity contribution < 1.29 is 18.0 Å². The van der Waals surface area contributed by atoms with Crippen LogP contribution in [0.5, 0.6) is 0 Å². The predicted octanol–water partition coefficient (Wildman–Crippen LogP) is 1.26. The molecule has 0 amide bonds. The van der Waals surface area contributed by atoms with Crippen LogP contribution in [0, 0.1) is 5.41 Å². The number of hydrogen-bond acceptors (Lipinski definition) is 3. The van der Waals surface area contributed by atoms with Gasteiger partial charge in [-0.25, -0.2) is 0 Å². The Kier molecular flexibility index (Phi) is 4.73. The van der Waals surface area contributed by atoms with E-state index in [0.29, 0.717) is 0 Å². The van der Waals surface area contributed by atoms with Gasteiger partial charge in [0.15, 0.2) is 0 Å². The van der Waals surface area contributed by atoms with E-state index < -0.39 is 18.5 Å². The summed E-state index contributed by atoms with van der Waals surface area (Å²) in [6.45, 7) is -0.923. The van der Waals surface area contributed by atoms with Crippen molar-refractivity contribution in [2.45, 2.75) is 12.7 Å². The molecule has 0 atom stereocenters. The molecule has 16 heavy (non-hydrogen) atoms. The van der Waals surface area contributed by atoms with E-state index >= 15 is 0 Å². The molecule has 0 radical (unpaired) electrons. The number of ketones is 1. The average Bonchev–Trinajstić information content (AvgIpc) is 2.11. The number of rotatable bonds is 2. The number of carbonyl (C=O) groups excluding carboxylic acids is 1. The Hall–Kier alpha value is -1.31. The lowest BCUT2D eigenvalue weighted by Gasteiger charge is -2.08. The molecule has 0 saturated carbocycles. The Morgan fingerprint density at radius 2 is 2.06 bits per heavy atom. The van der Waals surface area contributed by atoms with E-state index in [0.717, 1.165) is 4.57 Å². The summed E-state index contributed by atoms with van der Waals surface area (Å²) in [5.74, 6) is -1.91. The monoisotopic (exact) mass is 299 g/mol. The Morgan fingerprint density at radius 3 is 2.56 bits per heavy atom. The van der Waals surface area contributed by atoms with E-state index in [1.807, 2.05) is 0 Å². The van der Waals surface area contributed by atoms with Gasteiger partial charge in [-0.2, -0.15) is 13.2 Å². The second-order valence-corrected chi connectivity index (χ2v) is 2.86. The number of nitrogens with one attached hydrogen (secondary N) is 1. The lowest BCUT2D eigenvalue weighted by Crippen LogP contribution is -2.32. The van der Waals surface area contributed by atoms with Gasteiger partial charge in [-0.15, -0.1) is 17.0 Å². The number of alkyl halides is 3. The fourth-order valence-corrected chi connectivity index (χ4v) is 0.946. The number of anilines is 1. The molecule has 0 spiro atoms. The third-order valence-corrected chi connectivity index (χ3v) is 1.73. The van der Waals surface area contributed by atoms with Crippen molar-refractivity contribution in [3.63, 3.8) is 0 Å². The van der Waals surface area contributed by atoms with Gasteiger partial charge in [0.25, 0.3) is 5.78 Å². The second kappa shape index (κ2) is 5.15. The van der Waals surface area contributed by atoms with Gasteiger partial charge in [0, 0.05) is 6.20 Å². The lowest BCUT2D eigenvalue weighted by atomic mass is 10.3. The zero-order valence-electron chi connectivity index (χ0n) is 7.91. The van der Waals surface area contributed by atoms with Crippen LogP contribution in [-0.4, -0.2) is 16.5 Å². The molecular weight excluding hydrogens is 291 g/mol. The largest absolute Gasteiger partial charge is 0.451 e. The normalized spacial score (nSPS) is 10.7. The van der Waals surface area contributed by atoms with Crippen molar-refractivity contribution in [1.82, 2.24) is 4.57 Å². The minimum absolute atomic E-state index is 0. The Balaban J connectivity index is 0.00000225. The standard InChI is InChI=1S/C8H8F3N3O.BrH/c9-8(10,11)6(15)4-14-3-1-2-5(12)7(14)13;/h1-3,13H,4,12H2;1H. The molecule has 1 aromatic heterocycles. The summed E-state index contributed by atoms with van der Waals surface area (Å²) in [4.78, 5) is 10.6. The molecule has 0 bridgehead atoms. The van der Waals surface area contributed by atoms with Crippen molar-refractivity contribution in [2.24, 2.45) is 0 Å². The second-order valence-electron chi connectivity index (χ2n) is 2.86. The molecule has 4 nitrogen and oxygen atoms in total. The Bertz CT molecular complexity index is 441. The summed E-state index contributed by atoms with van der Waals surface area (Å²) >= 11 is 0. The Morgan fingerprint density at radius 1 is 1.50 bits per heavy atom. The van der Waals surface area contributed by atoms with Gasteiger partial charge >= 0.3 is 6.18 Å². The van der Waals surface area contributed by atoms with Crippen LogP contribution in [0.25, 0.3) is 0 Å². The zero-order chi connectivity index (χ0) is 11.6. The molecule has 0 aliphatic carbocycles. The number of halogens is 4. The van der Waals surface area contributed by atoms with Crippen LogP contribution in [0.4, 0.5) is 18.9 Å². The van der Waals surface area contributed by atoms with Crippen molar-refractivity contribution in [2.75, 3.05) is 5.73 Å². The maximum Gasteiger partial charge on any atom is 0.451 e. The lowest BCUT2D eigenvalue weighted by molar-refractivity contribution is -0.171. The van der Waals surface area contributed by atoms with Crippen LogP contribution in [0.3, 0.4) is 0 Å². The van der Waals surface area contributed by atoms with Crippen LogP contribution in [0.1, 0.15) is 0 Å². The van der Waals surface area contributed by atoms with Crippen molar-refractivity contribution >= 4 is 28.5 Å². The van der Waals surface area contributed by atoms with Crippen LogP contribution >= 0.6 is 17.0 Å². The zero-order valence-corrected chi connectivity index (χ0v) is 9.63. The molecule has 0 saturated heterocycles. The number of carbonyl (C=O) groups is 1. The molecule has 0 fully saturated rings. The summed E-state index contributed by atoms with van der Waals surface area (Å²) in [6, 6.07) is 2.74. The molecule has 1 heterocycles. The number of nitrogens with zero attached hydrogens (tertiary/aromatic N) is 1. The minimum atomic E-state index is -4.88. The van der Waals surface area contributed by atoms with Crippen LogP contribution in [-0.2, 0) is 11.3 Å². The highest BCUT2D eigenvalue weighted by atomic mass is 79.9. The number of Topliss-reactive ketones (excluding diaryl/α,β-unsaturated/α-hetero) is 1. The first kappa shape index (κ1) is 14.7. The van der Waals surface area contributed by atoms with Crippen LogP contribution in [0.2, 0.25) is 0 Å². The first-order valence-corrected chi connectivity index (χ1v) is 3.92. The fraction of sp³-hybridized carbons (Fsp3) is 0.250. The first-order chi connectivity index (χ1) is 6.82. The number of aromatic nitrogens is 1. The summed E-state index contributed by atoms with van der Waals surface area (Å²) in [5, 5.41) is 7.31. The van der Waals surface area contributed by atoms with Gasteiger partial charge < -0.3 is 10.3 Å². The number of nitrogen functional groups attached to an aromatic ring is 1. The van der Waals surface area contributed by atoms with Crippen LogP contribution in [0.15, 0.2) is 18.3 Å². The number of nitrogens with two attached hydrogens (primary N) is 1. The summed E-state index contributed by atoms with van der Waals surface area (Å²) in [7, 11) is 0. The summed E-state index contributed by atoms with van der Waals surface area (Å²) in [6.07, 6.45) is -3.69. The highest BCUT2D eigenvalue weighted by molar-refractivity contribution is 8.93. The highest BCUT2D eigenvalue weighted by Crippen LogP contribution is 2.16. The SMILES string of the molecule is Br.N=c1c(N)cccn1CC(=O)C(F)(F)F. The fourth-order valence-electron chi connectivity index (χ4n) is 0.946. The topological polar surface area (TPSA) is 71.9 Å². The van der Waals surface area contributed by atoms with E-state index in [-0.39, 0.29) is 28.2 Å². The van der Waals surface area contributed by atoms with Gasteiger partial charge in [0.05, 0.1) is 12.2 Å². The van der Waals surface area contributed by atoms with Gasteiger partial charge in [-0.05, 0) is 12.1 Å². The average molecular weight is 300 g/mol. The molecule has 90 valence electrons. The molecule has 1 aromatic rings. The van der Waals surface area contributed by atoms with E-state index in [1.165, 1.54) is 18.3 Å². The van der Waals surface area contributed by atoms with Gasteiger partial charge in [-0.3, -0.25) is 10.2 Å². The molecule has 3 N–H and O–H groups in total. The van der Waals surface area contributed by atoms with E-state index in [9.17, 15) is 18.0 Å².